The number of furan rings is 1. The Morgan fingerprint density at radius 3 is 2.74 bits per heavy atom. The number of sulfonamides is 1. The third-order valence-electron chi connectivity index (χ3n) is 5.28. The fourth-order valence-electron chi connectivity index (χ4n) is 3.70. The molecule has 9 nitrogen and oxygen atoms in total. The van der Waals surface area contributed by atoms with Crippen molar-refractivity contribution < 1.29 is 27.1 Å². The minimum atomic E-state index is -3.97. The third-order valence-corrected chi connectivity index (χ3v) is 7.31. The van der Waals surface area contributed by atoms with E-state index in [1.54, 1.807) is 0 Å². The van der Waals surface area contributed by atoms with Crippen molar-refractivity contribution in [2.24, 2.45) is 5.92 Å². The lowest BCUT2D eigenvalue weighted by Gasteiger charge is -2.35. The van der Waals surface area contributed by atoms with Gasteiger partial charge in [0, 0.05) is 19.0 Å². The van der Waals surface area contributed by atoms with Crippen LogP contribution in [-0.2, 0) is 10.0 Å². The van der Waals surface area contributed by atoms with Gasteiger partial charge in [0.25, 0.3) is 10.0 Å². The smallest absolute Gasteiger partial charge is 0.371 e. The zero-order valence-electron chi connectivity index (χ0n) is 16.2. The van der Waals surface area contributed by atoms with Gasteiger partial charge in [-0.1, -0.05) is 18.5 Å². The zero-order valence-corrected chi connectivity index (χ0v) is 17.8. The molecule has 0 amide bonds. The molecule has 3 aromatic rings. The lowest BCUT2D eigenvalue weighted by Crippen LogP contribution is -2.42. The van der Waals surface area contributed by atoms with Crippen molar-refractivity contribution in [2.45, 2.75) is 24.4 Å². The number of pyridine rings is 1. The van der Waals surface area contributed by atoms with Gasteiger partial charge in [0.2, 0.25) is 10.9 Å². The summed E-state index contributed by atoms with van der Waals surface area (Å²) in [6.07, 6.45) is 1.55. The molecule has 1 fully saturated rings. The molecule has 1 aliphatic heterocycles. The molecule has 0 saturated carbocycles. The Morgan fingerprint density at radius 2 is 2.13 bits per heavy atom. The molecular weight excluding hydrogens is 451 g/mol. The Kier molecular flexibility index (Phi) is 5.58. The Hall–Kier alpha value is -2.76. The van der Waals surface area contributed by atoms with E-state index in [4.69, 9.17) is 21.1 Å². The van der Waals surface area contributed by atoms with Gasteiger partial charge in [-0.3, -0.25) is 0 Å². The van der Waals surface area contributed by atoms with Crippen LogP contribution in [0.4, 0.5) is 4.39 Å². The van der Waals surface area contributed by atoms with Gasteiger partial charge in [-0.15, -0.1) is 0 Å². The zero-order chi connectivity index (χ0) is 22.3. The number of nitrogens with one attached hydrogen (secondary N) is 1. The minimum Gasteiger partial charge on any atom is -0.475 e. The van der Waals surface area contributed by atoms with Crippen LogP contribution in [0.25, 0.3) is 11.5 Å². The van der Waals surface area contributed by atoms with Crippen molar-refractivity contribution in [2.75, 3.05) is 13.1 Å². The van der Waals surface area contributed by atoms with Gasteiger partial charge in [-0.25, -0.2) is 27.6 Å². The second-order valence-electron chi connectivity index (χ2n) is 7.31. The van der Waals surface area contributed by atoms with Crippen molar-refractivity contribution in [1.29, 1.82) is 0 Å². The van der Waals surface area contributed by atoms with Crippen molar-refractivity contribution in [3.05, 3.63) is 52.9 Å². The van der Waals surface area contributed by atoms with Crippen LogP contribution in [0.1, 0.15) is 35.5 Å². The van der Waals surface area contributed by atoms with Crippen LogP contribution in [0, 0.1) is 11.7 Å². The molecule has 0 unspecified atom stereocenters. The molecular formula is C19H18ClFN4O5S. The molecule has 0 aromatic carbocycles. The Morgan fingerprint density at radius 1 is 1.35 bits per heavy atom. The molecule has 0 aliphatic carbocycles. The average molecular weight is 469 g/mol. The maximum Gasteiger partial charge on any atom is 0.371 e. The second kappa shape index (κ2) is 8.06. The number of hydrogen-bond acceptors (Lipinski definition) is 6. The first-order valence-corrected chi connectivity index (χ1v) is 11.2. The lowest BCUT2D eigenvalue weighted by atomic mass is 9.86. The van der Waals surface area contributed by atoms with Gasteiger partial charge < -0.3 is 14.5 Å². The van der Waals surface area contributed by atoms with Crippen molar-refractivity contribution in [3.63, 3.8) is 0 Å². The molecule has 0 bridgehead atoms. The fraction of sp³-hybridized carbons (Fsp3) is 0.316. The molecule has 2 N–H and O–H groups in total. The van der Waals surface area contributed by atoms with Crippen LogP contribution >= 0.6 is 11.6 Å². The van der Waals surface area contributed by atoms with Crippen LogP contribution in [0.15, 0.2) is 40.0 Å². The van der Waals surface area contributed by atoms with Gasteiger partial charge in [0.15, 0.2) is 11.0 Å². The Bertz CT molecular complexity index is 1220. The molecule has 4 heterocycles. The van der Waals surface area contributed by atoms with E-state index in [1.807, 2.05) is 6.92 Å². The highest BCUT2D eigenvalue weighted by Crippen LogP contribution is 2.38. The van der Waals surface area contributed by atoms with Crippen molar-refractivity contribution >= 4 is 27.6 Å². The number of piperidine rings is 1. The molecule has 164 valence electrons. The van der Waals surface area contributed by atoms with Crippen LogP contribution in [0.5, 0.6) is 0 Å². The first-order chi connectivity index (χ1) is 14.7. The van der Waals surface area contributed by atoms with Crippen LogP contribution in [0.3, 0.4) is 0 Å². The summed E-state index contributed by atoms with van der Waals surface area (Å²) in [7, 11) is -3.97. The normalized spacial score (nSPS) is 20.1. The number of nitrogens with zero attached hydrogens (tertiary/aromatic N) is 3. The first-order valence-electron chi connectivity index (χ1n) is 9.37. The maximum absolute atomic E-state index is 13.1. The number of imidazole rings is 1. The standard InChI is InChI=1S/C19H18ClFN4O5S/c1-10-9-25(31(28,29)15-5-4-14(30-15)19(26)27)7-6-12(10)16-17(20)24-18(23-16)13-3-2-11(21)8-22-13/h2-5,8,10,12H,6-7,9H2,1H3,(H,23,24)(H,26,27)/t10-,12+/m0/s1. The monoisotopic (exact) mass is 468 g/mol. The summed E-state index contributed by atoms with van der Waals surface area (Å²) in [5.41, 5.74) is 1.10. The number of carbonyl (C=O) groups is 1. The molecule has 2 atom stereocenters. The quantitative estimate of drug-likeness (QED) is 0.587. The van der Waals surface area contributed by atoms with E-state index in [0.29, 0.717) is 23.6 Å². The van der Waals surface area contributed by atoms with Gasteiger partial charge in [0.05, 0.1) is 11.9 Å². The maximum atomic E-state index is 13.1. The number of hydrogen-bond donors (Lipinski definition) is 2. The summed E-state index contributed by atoms with van der Waals surface area (Å²) < 4.78 is 45.1. The predicted molar refractivity (Wildman–Crippen MR) is 108 cm³/mol. The van der Waals surface area contributed by atoms with E-state index in [2.05, 4.69) is 15.0 Å². The van der Waals surface area contributed by atoms with Gasteiger partial charge in [0.1, 0.15) is 11.5 Å². The average Bonchev–Trinajstić information content (AvgIpc) is 3.36. The molecule has 1 saturated heterocycles. The van der Waals surface area contributed by atoms with Crippen LogP contribution < -0.4 is 0 Å². The van der Waals surface area contributed by atoms with Gasteiger partial charge >= 0.3 is 5.97 Å². The van der Waals surface area contributed by atoms with E-state index < -0.39 is 32.7 Å². The number of rotatable bonds is 5. The predicted octanol–water partition coefficient (Wildman–Crippen LogP) is 3.37. The van der Waals surface area contributed by atoms with Gasteiger partial charge in [-0.2, -0.15) is 4.31 Å². The molecule has 4 rings (SSSR count). The largest absolute Gasteiger partial charge is 0.475 e. The molecule has 3 aromatic heterocycles. The number of H-pyrrole nitrogens is 1. The second-order valence-corrected chi connectivity index (χ2v) is 9.54. The lowest BCUT2D eigenvalue weighted by molar-refractivity contribution is 0.0656. The summed E-state index contributed by atoms with van der Waals surface area (Å²) in [4.78, 5) is 22.4. The topological polar surface area (TPSA) is 129 Å². The highest BCUT2D eigenvalue weighted by Gasteiger charge is 2.37. The Labute approximate surface area is 181 Å². The number of aromatic carboxylic acids is 1. The van der Waals surface area contributed by atoms with E-state index in [-0.39, 0.29) is 30.1 Å². The number of aromatic amines is 1. The fourth-order valence-corrected chi connectivity index (χ4v) is 5.44. The summed E-state index contributed by atoms with van der Waals surface area (Å²) >= 11 is 6.33. The number of carboxylic acids is 1. The summed E-state index contributed by atoms with van der Waals surface area (Å²) in [5.74, 6) is -2.05. The molecule has 0 radical (unpaired) electrons. The van der Waals surface area contributed by atoms with E-state index in [1.165, 1.54) is 16.4 Å². The molecule has 0 spiro atoms. The molecule has 1 aliphatic rings. The van der Waals surface area contributed by atoms with Crippen molar-refractivity contribution in [1.82, 2.24) is 19.3 Å². The Balaban J connectivity index is 1.53. The minimum absolute atomic E-state index is 0.0909. The third kappa shape index (κ3) is 4.08. The van der Waals surface area contributed by atoms with E-state index in [0.717, 1.165) is 18.3 Å². The van der Waals surface area contributed by atoms with Crippen molar-refractivity contribution in [3.8, 4) is 11.5 Å². The van der Waals surface area contributed by atoms with E-state index in [9.17, 15) is 17.6 Å². The molecule has 12 heteroatoms. The number of carboxylic acid groups (broad SMARTS) is 1. The molecule has 31 heavy (non-hydrogen) atoms. The SMILES string of the molecule is C[C@H]1CN(S(=O)(=O)c2ccc(C(=O)O)o2)CC[C@H]1c1[nH]c(-c2ccc(F)cn2)nc1Cl. The highest BCUT2D eigenvalue weighted by atomic mass is 35.5. The summed E-state index contributed by atoms with van der Waals surface area (Å²) in [6, 6.07) is 5.01. The van der Waals surface area contributed by atoms with Gasteiger partial charge in [-0.05, 0) is 36.6 Å². The van der Waals surface area contributed by atoms with Crippen LogP contribution in [-0.4, -0.2) is 51.8 Å². The first kappa shape index (κ1) is 21.5. The number of aromatic nitrogens is 3. The highest BCUT2D eigenvalue weighted by molar-refractivity contribution is 7.89. The summed E-state index contributed by atoms with van der Waals surface area (Å²) in [5, 5.41) is 8.81. The summed E-state index contributed by atoms with van der Waals surface area (Å²) in [6.45, 7) is 2.28. The van der Waals surface area contributed by atoms with E-state index >= 15 is 0 Å². The number of halogens is 2. The van der Waals surface area contributed by atoms with Crippen LogP contribution in [0.2, 0.25) is 5.15 Å².